The van der Waals surface area contributed by atoms with Gasteiger partial charge in [-0.3, -0.25) is 4.98 Å². The van der Waals surface area contributed by atoms with Gasteiger partial charge in [0.25, 0.3) is 0 Å². The number of carbonyl (C=O) groups excluding carboxylic acids is 1. The van der Waals surface area contributed by atoms with Crippen LogP contribution in [0.15, 0.2) is 29.0 Å². The third-order valence-electron chi connectivity index (χ3n) is 1.68. The molecular weight excluding hydrogens is 328 g/mol. The number of halogens is 2. The Morgan fingerprint density at radius 1 is 1.33 bits per heavy atom. The molecule has 0 amide bonds. The molecule has 2 aromatic rings. The highest BCUT2D eigenvalue weighted by atomic mass is 79.9. The van der Waals surface area contributed by atoms with E-state index in [0.717, 1.165) is 5.52 Å². The highest BCUT2D eigenvalue weighted by molar-refractivity contribution is 9.18. The topological polar surface area (TPSA) is 52.1 Å². The zero-order valence-corrected chi connectivity index (χ0v) is 10.4. The van der Waals surface area contributed by atoms with Crippen LogP contribution in [0.5, 0.6) is 5.75 Å². The van der Waals surface area contributed by atoms with Crippen molar-refractivity contribution in [3.05, 3.63) is 29.0 Å². The predicted molar refractivity (Wildman–Crippen MR) is 62.2 cm³/mol. The van der Waals surface area contributed by atoms with Crippen LogP contribution in [0.2, 0.25) is 0 Å². The van der Waals surface area contributed by atoms with Gasteiger partial charge in [-0.15, -0.1) is 0 Å². The first-order chi connectivity index (χ1) is 7.15. The quantitative estimate of drug-likeness (QED) is 0.752. The van der Waals surface area contributed by atoms with Crippen LogP contribution in [-0.2, 0) is 0 Å². The van der Waals surface area contributed by atoms with E-state index in [0.29, 0.717) is 15.9 Å². The first kappa shape index (κ1) is 10.5. The number of hydrogen-bond acceptors (Lipinski definition) is 4. The van der Waals surface area contributed by atoms with Crippen LogP contribution in [-0.4, -0.2) is 14.8 Å². The Morgan fingerprint density at radius 3 is 2.87 bits per heavy atom. The van der Waals surface area contributed by atoms with E-state index < -0.39 is 4.88 Å². The zero-order valence-electron chi connectivity index (χ0n) is 7.28. The van der Waals surface area contributed by atoms with Crippen molar-refractivity contribution >= 4 is 47.8 Å². The third-order valence-corrected chi connectivity index (χ3v) is 2.23. The van der Waals surface area contributed by atoms with Crippen molar-refractivity contribution in [1.29, 1.82) is 0 Å². The van der Waals surface area contributed by atoms with Crippen LogP contribution in [0.25, 0.3) is 11.0 Å². The molecule has 0 radical (unpaired) electrons. The fraction of sp³-hybridized carbons (Fsp3) is 0. The SMILES string of the molecule is O=C(Br)Oc1ccc2ncc(Br)nc2c1. The molecule has 0 aliphatic carbocycles. The summed E-state index contributed by atoms with van der Waals surface area (Å²) < 4.78 is 5.49. The second-order valence-electron chi connectivity index (χ2n) is 2.68. The molecule has 0 N–H and O–H groups in total. The molecule has 76 valence electrons. The minimum absolute atomic E-state index is 0.428. The van der Waals surface area contributed by atoms with Crippen molar-refractivity contribution in [2.75, 3.05) is 0 Å². The average molecular weight is 332 g/mol. The molecule has 0 atom stereocenters. The highest BCUT2D eigenvalue weighted by Crippen LogP contribution is 2.20. The molecule has 0 unspecified atom stereocenters. The van der Waals surface area contributed by atoms with Gasteiger partial charge in [-0.25, -0.2) is 9.78 Å². The van der Waals surface area contributed by atoms with Gasteiger partial charge in [-0.05, 0) is 28.1 Å². The Kier molecular flexibility index (Phi) is 2.97. The molecule has 6 heteroatoms. The summed E-state index contributed by atoms with van der Waals surface area (Å²) in [4.78, 5) is 18.5. The molecule has 1 aromatic heterocycles. The van der Waals surface area contributed by atoms with Crippen molar-refractivity contribution < 1.29 is 9.53 Å². The number of benzene rings is 1. The number of carbonyl (C=O) groups is 1. The van der Waals surface area contributed by atoms with Crippen molar-refractivity contribution in [1.82, 2.24) is 9.97 Å². The van der Waals surface area contributed by atoms with Gasteiger partial charge in [0.2, 0.25) is 0 Å². The number of fused-ring (bicyclic) bond motifs is 1. The van der Waals surface area contributed by atoms with Crippen LogP contribution < -0.4 is 4.74 Å². The lowest BCUT2D eigenvalue weighted by Gasteiger charge is -2.01. The van der Waals surface area contributed by atoms with E-state index in [1.54, 1.807) is 24.4 Å². The summed E-state index contributed by atoms with van der Waals surface area (Å²) >= 11 is 5.90. The molecule has 0 aliphatic rings. The van der Waals surface area contributed by atoms with Gasteiger partial charge in [0.05, 0.1) is 17.2 Å². The molecule has 1 heterocycles. The van der Waals surface area contributed by atoms with Gasteiger partial charge >= 0.3 is 4.88 Å². The lowest BCUT2D eigenvalue weighted by atomic mass is 10.3. The maximum Gasteiger partial charge on any atom is 0.379 e. The van der Waals surface area contributed by atoms with Gasteiger partial charge in [0.15, 0.2) is 0 Å². The second kappa shape index (κ2) is 4.24. The predicted octanol–water partition coefficient (Wildman–Crippen LogP) is 3.29. The van der Waals surface area contributed by atoms with Crippen molar-refractivity contribution in [3.8, 4) is 5.75 Å². The van der Waals surface area contributed by atoms with Crippen molar-refractivity contribution in [3.63, 3.8) is 0 Å². The van der Waals surface area contributed by atoms with E-state index in [1.165, 1.54) is 0 Å². The molecule has 15 heavy (non-hydrogen) atoms. The highest BCUT2D eigenvalue weighted by Gasteiger charge is 2.03. The third kappa shape index (κ3) is 2.51. The molecule has 1 aromatic carbocycles. The van der Waals surface area contributed by atoms with Crippen LogP contribution in [0.3, 0.4) is 0 Å². The summed E-state index contributed by atoms with van der Waals surface area (Å²) in [5.74, 6) is 0.428. The Bertz CT molecular complexity index is 531. The number of aromatic nitrogens is 2. The Hall–Kier alpha value is -1.01. The minimum Gasteiger partial charge on any atom is -0.418 e. The molecule has 0 aliphatic heterocycles. The maximum absolute atomic E-state index is 10.7. The van der Waals surface area contributed by atoms with E-state index in [9.17, 15) is 4.79 Å². The molecule has 0 spiro atoms. The van der Waals surface area contributed by atoms with Gasteiger partial charge < -0.3 is 4.74 Å². The van der Waals surface area contributed by atoms with Crippen LogP contribution >= 0.6 is 31.9 Å². The summed E-state index contributed by atoms with van der Waals surface area (Å²) in [5, 5.41) is 0. The smallest absolute Gasteiger partial charge is 0.379 e. The Labute approximate surface area is 102 Å². The lowest BCUT2D eigenvalue weighted by molar-refractivity contribution is 0.228. The zero-order chi connectivity index (χ0) is 10.8. The first-order valence-corrected chi connectivity index (χ1v) is 5.53. The lowest BCUT2D eigenvalue weighted by Crippen LogP contribution is -1.95. The van der Waals surface area contributed by atoms with E-state index in [2.05, 4.69) is 41.8 Å². The number of nitrogens with zero attached hydrogens (tertiary/aromatic N) is 2. The normalized spacial score (nSPS) is 10.3. The summed E-state index contributed by atoms with van der Waals surface area (Å²) in [6.45, 7) is 0. The van der Waals surface area contributed by atoms with Gasteiger partial charge in [-0.1, -0.05) is 0 Å². The second-order valence-corrected chi connectivity index (χ2v) is 4.14. The number of rotatable bonds is 1. The van der Waals surface area contributed by atoms with Crippen LogP contribution in [0.4, 0.5) is 4.79 Å². The van der Waals surface area contributed by atoms with E-state index >= 15 is 0 Å². The molecule has 4 nitrogen and oxygen atoms in total. The van der Waals surface area contributed by atoms with Gasteiger partial charge in [0.1, 0.15) is 10.4 Å². The number of ether oxygens (including phenoxy) is 1. The average Bonchev–Trinajstić information content (AvgIpc) is 2.16. The molecule has 0 bridgehead atoms. The fourth-order valence-electron chi connectivity index (χ4n) is 1.12. The van der Waals surface area contributed by atoms with Crippen LogP contribution in [0, 0.1) is 0 Å². The van der Waals surface area contributed by atoms with Crippen molar-refractivity contribution in [2.24, 2.45) is 0 Å². The largest absolute Gasteiger partial charge is 0.418 e. The van der Waals surface area contributed by atoms with Gasteiger partial charge in [-0.2, -0.15) is 0 Å². The molecule has 0 saturated carbocycles. The van der Waals surface area contributed by atoms with E-state index in [-0.39, 0.29) is 0 Å². The number of hydrogen-bond donors (Lipinski definition) is 0. The summed E-state index contributed by atoms with van der Waals surface area (Å²) in [6.07, 6.45) is 1.61. The van der Waals surface area contributed by atoms with E-state index in [1.807, 2.05) is 0 Å². The first-order valence-electron chi connectivity index (χ1n) is 3.95. The van der Waals surface area contributed by atoms with Crippen LogP contribution in [0.1, 0.15) is 0 Å². The maximum atomic E-state index is 10.7. The standard InChI is InChI=1S/C9H4Br2N2O2/c10-8-4-12-6-2-1-5(15-9(11)14)3-7(6)13-8/h1-4H. The van der Waals surface area contributed by atoms with Gasteiger partial charge in [0, 0.05) is 22.0 Å². The Morgan fingerprint density at radius 2 is 2.13 bits per heavy atom. The molecule has 0 saturated heterocycles. The fourth-order valence-corrected chi connectivity index (χ4v) is 1.61. The summed E-state index contributed by atoms with van der Waals surface area (Å²) in [6, 6.07) is 5.04. The molecule has 2 rings (SSSR count). The Balaban J connectivity index is 2.49. The summed E-state index contributed by atoms with van der Waals surface area (Å²) in [5.41, 5.74) is 1.41. The minimum atomic E-state index is -0.537. The monoisotopic (exact) mass is 330 g/mol. The summed E-state index contributed by atoms with van der Waals surface area (Å²) in [7, 11) is 0. The molecular formula is C9H4Br2N2O2. The van der Waals surface area contributed by atoms with Crippen molar-refractivity contribution in [2.45, 2.75) is 0 Å². The van der Waals surface area contributed by atoms with E-state index in [4.69, 9.17) is 4.74 Å². The molecule has 0 fully saturated rings.